The summed E-state index contributed by atoms with van der Waals surface area (Å²) in [5, 5.41) is 0. The largest absolute Gasteiger partial charge is 0.325 e. The molecule has 4 unspecified atom stereocenters. The fourth-order valence-electron chi connectivity index (χ4n) is 3.12. The van der Waals surface area contributed by atoms with Crippen LogP contribution in [0.4, 0.5) is 0 Å². The van der Waals surface area contributed by atoms with Crippen LogP contribution in [-0.2, 0) is 0 Å². The highest BCUT2D eigenvalue weighted by atomic mass is 28.3. The van der Waals surface area contributed by atoms with E-state index in [0.29, 0.717) is 0 Å². The summed E-state index contributed by atoms with van der Waals surface area (Å²) in [6.07, 6.45) is 5.22. The van der Waals surface area contributed by atoms with Crippen LogP contribution in [0.5, 0.6) is 0 Å². The standard InChI is InChI=1S/C17H42N2Si2/c1-9-14(5)18(15(6)10-2)20-13-21-19(16(7)11-3)17(8)12-4/h14-17H,9-13,20-21H2,1-8H3. The zero-order valence-corrected chi connectivity index (χ0v) is 19.0. The van der Waals surface area contributed by atoms with Crippen molar-refractivity contribution in [2.24, 2.45) is 0 Å². The van der Waals surface area contributed by atoms with Gasteiger partial charge in [-0.05, 0) is 55.5 Å². The second kappa shape index (κ2) is 11.9. The lowest BCUT2D eigenvalue weighted by atomic mass is 10.2. The maximum atomic E-state index is 2.89. The van der Waals surface area contributed by atoms with Crippen molar-refractivity contribution in [2.45, 2.75) is 111 Å². The monoisotopic (exact) mass is 330 g/mol. The summed E-state index contributed by atoms with van der Waals surface area (Å²) in [5.74, 6) is 0. The Bertz CT molecular complexity index is 207. The predicted octanol–water partition coefficient (Wildman–Crippen LogP) is 3.33. The first-order valence-corrected chi connectivity index (χ1v) is 12.7. The maximum absolute atomic E-state index is 2.89. The molecule has 2 nitrogen and oxygen atoms in total. The molecule has 0 heterocycles. The highest BCUT2D eigenvalue weighted by Crippen LogP contribution is 2.14. The van der Waals surface area contributed by atoms with E-state index in [1.807, 2.05) is 0 Å². The van der Waals surface area contributed by atoms with Crippen LogP contribution in [0.25, 0.3) is 0 Å². The average Bonchev–Trinajstić information content (AvgIpc) is 2.52. The average molecular weight is 331 g/mol. The Balaban J connectivity index is 4.50. The fourth-order valence-corrected chi connectivity index (χ4v) is 9.41. The van der Waals surface area contributed by atoms with Crippen molar-refractivity contribution in [3.8, 4) is 0 Å². The lowest BCUT2D eigenvalue weighted by Gasteiger charge is -2.37. The molecule has 0 spiro atoms. The van der Waals surface area contributed by atoms with Crippen molar-refractivity contribution in [1.29, 1.82) is 0 Å². The Morgan fingerprint density at radius 1 is 0.571 bits per heavy atom. The Labute approximate surface area is 139 Å². The van der Waals surface area contributed by atoms with Crippen molar-refractivity contribution >= 4 is 19.4 Å². The normalized spacial score (nSPS) is 19.1. The van der Waals surface area contributed by atoms with Gasteiger partial charge in [-0.15, -0.1) is 0 Å². The molecule has 0 rings (SSSR count). The number of nitrogens with zero attached hydrogens (tertiary/aromatic N) is 2. The first kappa shape index (κ1) is 21.4. The molecule has 4 heteroatoms. The molecule has 0 amide bonds. The molecule has 0 saturated heterocycles. The summed E-state index contributed by atoms with van der Waals surface area (Å²) in [5.41, 5.74) is 1.57. The van der Waals surface area contributed by atoms with Gasteiger partial charge in [-0.3, -0.25) is 0 Å². The highest BCUT2D eigenvalue weighted by Gasteiger charge is 2.21. The minimum absolute atomic E-state index is 0.0603. The van der Waals surface area contributed by atoms with Gasteiger partial charge in [-0.25, -0.2) is 0 Å². The third-order valence-corrected chi connectivity index (χ3v) is 11.5. The second-order valence-electron chi connectivity index (χ2n) is 6.86. The summed E-state index contributed by atoms with van der Waals surface area (Å²) >= 11 is 0. The number of hydrogen-bond acceptors (Lipinski definition) is 2. The van der Waals surface area contributed by atoms with Crippen molar-refractivity contribution in [3.05, 3.63) is 0 Å². The van der Waals surface area contributed by atoms with Gasteiger partial charge in [0.1, 0.15) is 0 Å². The predicted molar refractivity (Wildman–Crippen MR) is 105 cm³/mol. The van der Waals surface area contributed by atoms with E-state index in [0.717, 1.165) is 24.2 Å². The molecular formula is C17H42N2Si2. The van der Waals surface area contributed by atoms with Crippen LogP contribution in [-0.4, -0.2) is 52.7 Å². The van der Waals surface area contributed by atoms with Gasteiger partial charge in [-0.2, -0.15) is 0 Å². The minimum atomic E-state index is -0.0603. The number of hydrogen-bond donors (Lipinski definition) is 0. The van der Waals surface area contributed by atoms with Crippen LogP contribution in [0.15, 0.2) is 0 Å². The van der Waals surface area contributed by atoms with E-state index in [-0.39, 0.29) is 19.4 Å². The van der Waals surface area contributed by atoms with Crippen molar-refractivity contribution < 1.29 is 0 Å². The van der Waals surface area contributed by atoms with E-state index in [1.54, 1.807) is 5.67 Å². The summed E-state index contributed by atoms with van der Waals surface area (Å²) in [6.45, 7) is 19.1. The van der Waals surface area contributed by atoms with Crippen LogP contribution in [0.2, 0.25) is 5.67 Å². The summed E-state index contributed by atoms with van der Waals surface area (Å²) < 4.78 is 5.77. The molecule has 0 aliphatic heterocycles. The molecule has 0 radical (unpaired) electrons. The smallest absolute Gasteiger partial charge is 0.0938 e. The van der Waals surface area contributed by atoms with Crippen molar-refractivity contribution in [3.63, 3.8) is 0 Å². The molecule has 128 valence electrons. The highest BCUT2D eigenvalue weighted by molar-refractivity contribution is 6.52. The minimum Gasteiger partial charge on any atom is -0.325 e. The molecule has 4 atom stereocenters. The van der Waals surface area contributed by atoms with Crippen LogP contribution < -0.4 is 0 Å². The Hall–Kier alpha value is 0.354. The van der Waals surface area contributed by atoms with Gasteiger partial charge >= 0.3 is 0 Å². The van der Waals surface area contributed by atoms with Crippen LogP contribution >= 0.6 is 0 Å². The quantitative estimate of drug-likeness (QED) is 0.506. The molecule has 0 aromatic heterocycles. The molecular weight excluding hydrogens is 288 g/mol. The summed E-state index contributed by atoms with van der Waals surface area (Å²) in [4.78, 5) is 0. The van der Waals surface area contributed by atoms with Gasteiger partial charge in [0.2, 0.25) is 0 Å². The van der Waals surface area contributed by atoms with E-state index in [1.165, 1.54) is 25.7 Å². The summed E-state index contributed by atoms with van der Waals surface area (Å²) in [6, 6.07) is 3.17. The fraction of sp³-hybridized carbons (Fsp3) is 1.00. The van der Waals surface area contributed by atoms with E-state index in [9.17, 15) is 0 Å². The van der Waals surface area contributed by atoms with E-state index in [2.05, 4.69) is 64.5 Å². The number of rotatable bonds is 12. The SMILES string of the molecule is CCC(C)N([SiH2]C[SiH2]N(C(C)CC)C(C)CC)C(C)CC. The lowest BCUT2D eigenvalue weighted by Crippen LogP contribution is -2.46. The molecule has 0 aliphatic rings. The van der Waals surface area contributed by atoms with Crippen LogP contribution in [0, 0.1) is 0 Å². The molecule has 0 bridgehead atoms. The molecule has 0 fully saturated rings. The first-order valence-electron chi connectivity index (χ1n) is 9.44. The Morgan fingerprint density at radius 3 is 1.00 bits per heavy atom. The first-order chi connectivity index (χ1) is 9.92. The molecule has 21 heavy (non-hydrogen) atoms. The van der Waals surface area contributed by atoms with Crippen molar-refractivity contribution in [2.75, 3.05) is 0 Å². The Morgan fingerprint density at radius 2 is 0.810 bits per heavy atom. The zero-order valence-electron chi connectivity index (χ0n) is 16.2. The van der Waals surface area contributed by atoms with Gasteiger partial charge in [0.25, 0.3) is 0 Å². The van der Waals surface area contributed by atoms with Crippen molar-refractivity contribution in [1.82, 2.24) is 9.13 Å². The van der Waals surface area contributed by atoms with Gasteiger partial charge in [0.15, 0.2) is 0 Å². The zero-order chi connectivity index (χ0) is 16.4. The van der Waals surface area contributed by atoms with Gasteiger partial charge in [0.05, 0.1) is 19.4 Å². The topological polar surface area (TPSA) is 6.48 Å². The lowest BCUT2D eigenvalue weighted by molar-refractivity contribution is 0.263. The van der Waals surface area contributed by atoms with E-state index in [4.69, 9.17) is 0 Å². The second-order valence-corrected chi connectivity index (χ2v) is 12.0. The van der Waals surface area contributed by atoms with Gasteiger partial charge in [0, 0.05) is 0 Å². The van der Waals surface area contributed by atoms with E-state index >= 15 is 0 Å². The van der Waals surface area contributed by atoms with Crippen LogP contribution in [0.1, 0.15) is 81.1 Å². The van der Waals surface area contributed by atoms with Crippen LogP contribution in [0.3, 0.4) is 0 Å². The molecule has 0 aliphatic carbocycles. The summed E-state index contributed by atoms with van der Waals surface area (Å²) in [7, 11) is -0.121. The maximum Gasteiger partial charge on any atom is 0.0938 e. The Kier molecular flexibility index (Phi) is 12.1. The molecule has 0 saturated carbocycles. The molecule has 0 N–H and O–H groups in total. The van der Waals surface area contributed by atoms with E-state index < -0.39 is 0 Å². The third kappa shape index (κ3) is 7.44. The molecule has 0 aromatic carbocycles. The van der Waals surface area contributed by atoms with Gasteiger partial charge < -0.3 is 9.13 Å². The molecule has 0 aromatic rings. The third-order valence-electron chi connectivity index (χ3n) is 5.46. The van der Waals surface area contributed by atoms with Gasteiger partial charge in [-0.1, -0.05) is 55.4 Å².